The van der Waals surface area contributed by atoms with E-state index in [4.69, 9.17) is 4.74 Å². The molecule has 0 spiro atoms. The molecule has 0 heterocycles. The zero-order valence-corrected chi connectivity index (χ0v) is 11.4. The molecule has 0 aromatic heterocycles. The quantitative estimate of drug-likeness (QED) is 0.794. The van der Waals surface area contributed by atoms with Gasteiger partial charge < -0.3 is 15.2 Å². The number of carbonyl (C=O) groups is 1. The Morgan fingerprint density at radius 2 is 2.21 bits per heavy atom. The first-order chi connectivity index (χ1) is 9.06. The van der Waals surface area contributed by atoms with E-state index in [1.54, 1.807) is 6.07 Å². The molecule has 1 atom stereocenters. The first kappa shape index (κ1) is 13.9. The van der Waals surface area contributed by atoms with Crippen molar-refractivity contribution in [3.63, 3.8) is 0 Å². The number of carboxylic acids is 1. The lowest BCUT2D eigenvalue weighted by atomic mass is 10.1. The first-order valence-electron chi connectivity index (χ1n) is 6.79. The van der Waals surface area contributed by atoms with Crippen LogP contribution in [0, 0.1) is 5.92 Å². The molecule has 0 amide bonds. The zero-order valence-electron chi connectivity index (χ0n) is 11.4. The maximum atomic E-state index is 11.4. The van der Waals surface area contributed by atoms with Gasteiger partial charge in [-0.05, 0) is 56.8 Å². The van der Waals surface area contributed by atoms with Crippen LogP contribution in [0.1, 0.15) is 38.3 Å². The topological polar surface area (TPSA) is 58.6 Å². The summed E-state index contributed by atoms with van der Waals surface area (Å²) >= 11 is 0. The van der Waals surface area contributed by atoms with Gasteiger partial charge in [-0.1, -0.05) is 12.1 Å². The van der Waals surface area contributed by atoms with E-state index in [0.29, 0.717) is 11.7 Å². The van der Waals surface area contributed by atoms with Crippen molar-refractivity contribution in [2.45, 2.75) is 38.8 Å². The maximum Gasteiger partial charge on any atom is 0.325 e. The van der Waals surface area contributed by atoms with Crippen LogP contribution in [0.5, 0.6) is 5.75 Å². The normalized spacial score (nSPS) is 16.4. The molecule has 19 heavy (non-hydrogen) atoms. The second-order valence-electron chi connectivity index (χ2n) is 5.36. The Bertz CT molecular complexity index is 441. The summed E-state index contributed by atoms with van der Waals surface area (Å²) in [4.78, 5) is 11.4. The lowest BCUT2D eigenvalue weighted by Gasteiger charge is -2.16. The predicted molar refractivity (Wildman–Crippen MR) is 73.3 cm³/mol. The number of ether oxygens (including phenoxy) is 1. The van der Waals surface area contributed by atoms with Crippen molar-refractivity contribution >= 4 is 5.97 Å². The molecule has 1 aliphatic carbocycles. The molecule has 1 saturated carbocycles. The van der Waals surface area contributed by atoms with Gasteiger partial charge in [-0.15, -0.1) is 0 Å². The molecule has 4 heteroatoms. The summed E-state index contributed by atoms with van der Waals surface area (Å²) in [5.41, 5.74) is 0.742. The van der Waals surface area contributed by atoms with E-state index in [0.717, 1.165) is 12.1 Å². The molecule has 1 fully saturated rings. The van der Waals surface area contributed by atoms with E-state index < -0.39 is 12.0 Å². The molecule has 0 bridgehead atoms. The van der Waals surface area contributed by atoms with Crippen LogP contribution in [-0.4, -0.2) is 23.7 Å². The van der Waals surface area contributed by atoms with Crippen molar-refractivity contribution in [2.24, 2.45) is 5.92 Å². The van der Waals surface area contributed by atoms with Crippen LogP contribution < -0.4 is 10.1 Å². The summed E-state index contributed by atoms with van der Waals surface area (Å²) in [6.45, 7) is 4.67. The molecule has 104 valence electrons. The molecule has 0 aliphatic heterocycles. The van der Waals surface area contributed by atoms with Crippen LogP contribution >= 0.6 is 0 Å². The molecule has 1 aromatic rings. The van der Waals surface area contributed by atoms with Crippen LogP contribution in [0.4, 0.5) is 0 Å². The van der Waals surface area contributed by atoms with Crippen molar-refractivity contribution < 1.29 is 14.6 Å². The number of hydrogen-bond donors (Lipinski definition) is 2. The molecule has 1 unspecified atom stereocenters. The van der Waals surface area contributed by atoms with Crippen molar-refractivity contribution in [3.05, 3.63) is 29.8 Å². The Balaban J connectivity index is 2.08. The van der Waals surface area contributed by atoms with Crippen molar-refractivity contribution in [2.75, 3.05) is 6.54 Å². The smallest absolute Gasteiger partial charge is 0.325 e. The summed E-state index contributed by atoms with van der Waals surface area (Å²) < 4.78 is 5.60. The summed E-state index contributed by atoms with van der Waals surface area (Å²) in [5.74, 6) is 0.520. The van der Waals surface area contributed by atoms with Crippen LogP contribution in [0.15, 0.2) is 24.3 Å². The Hall–Kier alpha value is -1.55. The Kier molecular flexibility index (Phi) is 4.43. The number of rotatable bonds is 7. The fourth-order valence-electron chi connectivity index (χ4n) is 1.99. The van der Waals surface area contributed by atoms with Gasteiger partial charge in [0.15, 0.2) is 0 Å². The average Bonchev–Trinajstić information content (AvgIpc) is 3.12. The van der Waals surface area contributed by atoms with Gasteiger partial charge in [0.1, 0.15) is 11.8 Å². The van der Waals surface area contributed by atoms with Gasteiger partial charge in [-0.2, -0.15) is 0 Å². The van der Waals surface area contributed by atoms with Crippen LogP contribution in [0.3, 0.4) is 0 Å². The summed E-state index contributed by atoms with van der Waals surface area (Å²) in [6, 6.07) is 6.66. The van der Waals surface area contributed by atoms with E-state index in [2.05, 4.69) is 5.32 Å². The fourth-order valence-corrected chi connectivity index (χ4v) is 1.99. The van der Waals surface area contributed by atoms with Gasteiger partial charge in [0, 0.05) is 0 Å². The van der Waals surface area contributed by atoms with Crippen LogP contribution in [-0.2, 0) is 4.79 Å². The highest BCUT2D eigenvalue weighted by Gasteiger charge is 2.25. The third kappa shape index (κ3) is 4.24. The van der Waals surface area contributed by atoms with Gasteiger partial charge in [0.25, 0.3) is 0 Å². The molecule has 2 N–H and O–H groups in total. The standard InChI is InChI=1S/C15H21NO3/c1-10(2)19-13-5-3-4-12(8-13)14(15(17)18)16-9-11-6-7-11/h3-5,8,10-11,14,16H,6-7,9H2,1-2H3,(H,17,18). The minimum absolute atomic E-state index is 0.0814. The Morgan fingerprint density at radius 1 is 1.47 bits per heavy atom. The van der Waals surface area contributed by atoms with E-state index in [1.807, 2.05) is 32.0 Å². The maximum absolute atomic E-state index is 11.4. The van der Waals surface area contributed by atoms with Crippen LogP contribution in [0.2, 0.25) is 0 Å². The lowest BCUT2D eigenvalue weighted by Crippen LogP contribution is -2.30. The molecule has 0 radical (unpaired) electrons. The monoisotopic (exact) mass is 263 g/mol. The highest BCUT2D eigenvalue weighted by atomic mass is 16.5. The minimum Gasteiger partial charge on any atom is -0.491 e. The van der Waals surface area contributed by atoms with E-state index >= 15 is 0 Å². The number of carboxylic acid groups (broad SMARTS) is 1. The van der Waals surface area contributed by atoms with Crippen molar-refractivity contribution in [1.29, 1.82) is 0 Å². The van der Waals surface area contributed by atoms with Gasteiger partial charge in [-0.3, -0.25) is 4.79 Å². The second kappa shape index (κ2) is 6.06. The van der Waals surface area contributed by atoms with Gasteiger partial charge in [-0.25, -0.2) is 0 Å². The third-order valence-corrected chi connectivity index (χ3v) is 3.12. The van der Waals surface area contributed by atoms with Crippen LogP contribution in [0.25, 0.3) is 0 Å². The average molecular weight is 263 g/mol. The predicted octanol–water partition coefficient (Wildman–Crippen LogP) is 2.60. The number of hydrogen-bond acceptors (Lipinski definition) is 3. The van der Waals surface area contributed by atoms with E-state index in [1.165, 1.54) is 12.8 Å². The van der Waals surface area contributed by atoms with E-state index in [-0.39, 0.29) is 6.10 Å². The molecule has 1 aromatic carbocycles. The van der Waals surface area contributed by atoms with Crippen molar-refractivity contribution in [3.8, 4) is 5.75 Å². The number of benzene rings is 1. The zero-order chi connectivity index (χ0) is 13.8. The lowest BCUT2D eigenvalue weighted by molar-refractivity contribution is -0.139. The largest absolute Gasteiger partial charge is 0.491 e. The highest BCUT2D eigenvalue weighted by Crippen LogP contribution is 2.29. The minimum atomic E-state index is -0.845. The third-order valence-electron chi connectivity index (χ3n) is 3.12. The van der Waals surface area contributed by atoms with Gasteiger partial charge >= 0.3 is 5.97 Å². The van der Waals surface area contributed by atoms with E-state index in [9.17, 15) is 9.90 Å². The van der Waals surface area contributed by atoms with Gasteiger partial charge in [0.2, 0.25) is 0 Å². The number of nitrogens with one attached hydrogen (secondary N) is 1. The van der Waals surface area contributed by atoms with Crippen molar-refractivity contribution in [1.82, 2.24) is 5.32 Å². The highest BCUT2D eigenvalue weighted by molar-refractivity contribution is 5.75. The molecule has 2 rings (SSSR count). The summed E-state index contributed by atoms with van der Waals surface area (Å²) in [6.07, 6.45) is 2.49. The molecular formula is C15H21NO3. The Morgan fingerprint density at radius 3 is 2.79 bits per heavy atom. The first-order valence-corrected chi connectivity index (χ1v) is 6.79. The summed E-state index contributed by atoms with van der Waals surface area (Å²) in [7, 11) is 0. The van der Waals surface area contributed by atoms with Gasteiger partial charge in [0.05, 0.1) is 6.10 Å². The fraction of sp³-hybridized carbons (Fsp3) is 0.533. The molecule has 1 aliphatic rings. The Labute approximate surface area is 113 Å². The number of aliphatic carboxylic acids is 1. The summed E-state index contributed by atoms with van der Waals surface area (Å²) in [5, 5.41) is 12.5. The molecule has 0 saturated heterocycles. The molecular weight excluding hydrogens is 242 g/mol. The SMILES string of the molecule is CC(C)Oc1cccc(C(NCC2CC2)C(=O)O)c1. The second-order valence-corrected chi connectivity index (χ2v) is 5.36. The molecule has 4 nitrogen and oxygen atoms in total.